The van der Waals surface area contributed by atoms with Crippen LogP contribution < -0.4 is 5.32 Å². The average Bonchev–Trinajstić information content (AvgIpc) is 3.33. The Balaban J connectivity index is 1.39. The lowest BCUT2D eigenvalue weighted by Crippen LogP contribution is -2.23. The van der Waals surface area contributed by atoms with Crippen molar-refractivity contribution in [2.24, 2.45) is 0 Å². The molecule has 1 N–H and O–H groups in total. The molecule has 0 radical (unpaired) electrons. The Bertz CT molecular complexity index is 1410. The number of sulfonamides is 1. The minimum atomic E-state index is -3.48. The van der Waals surface area contributed by atoms with Crippen LogP contribution in [0.15, 0.2) is 82.1 Å². The average molecular weight is 477 g/mol. The zero-order chi connectivity index (χ0) is 24.3. The molecule has 3 aromatic carbocycles. The summed E-state index contributed by atoms with van der Waals surface area (Å²) in [5, 5.41) is 11.1. The molecule has 0 bridgehead atoms. The number of carbonyl (C=O) groups excluding carboxylic acids is 1. The molecule has 0 saturated carbocycles. The summed E-state index contributed by atoms with van der Waals surface area (Å²) in [7, 11) is -0.518. The van der Waals surface area contributed by atoms with Crippen LogP contribution in [0.4, 0.5) is 0 Å². The maximum atomic E-state index is 12.5. The van der Waals surface area contributed by atoms with Crippen molar-refractivity contribution in [2.75, 3.05) is 14.1 Å². The second kappa shape index (κ2) is 9.58. The zero-order valence-electron chi connectivity index (χ0n) is 19.0. The third-order valence-electron chi connectivity index (χ3n) is 5.24. The maximum Gasteiger partial charge on any atom is 0.251 e. The summed E-state index contributed by atoms with van der Waals surface area (Å²) < 4.78 is 31.3. The van der Waals surface area contributed by atoms with E-state index in [0.717, 1.165) is 21.0 Å². The monoisotopic (exact) mass is 476 g/mol. The van der Waals surface area contributed by atoms with Crippen molar-refractivity contribution in [1.82, 2.24) is 19.8 Å². The summed E-state index contributed by atoms with van der Waals surface area (Å²) in [6, 6.07) is 21.1. The Morgan fingerprint density at radius 1 is 0.912 bits per heavy atom. The highest BCUT2D eigenvalue weighted by Gasteiger charge is 2.17. The molecule has 0 aliphatic heterocycles. The minimum Gasteiger partial charge on any atom is -0.416 e. The van der Waals surface area contributed by atoms with Crippen LogP contribution in [-0.2, 0) is 16.6 Å². The van der Waals surface area contributed by atoms with Crippen molar-refractivity contribution in [1.29, 1.82) is 0 Å². The van der Waals surface area contributed by atoms with Crippen molar-refractivity contribution in [3.63, 3.8) is 0 Å². The lowest BCUT2D eigenvalue weighted by molar-refractivity contribution is 0.0951. The fraction of sp³-hybridized carbons (Fsp3) is 0.160. The molecular formula is C25H24N4O4S. The van der Waals surface area contributed by atoms with Crippen LogP contribution in [0.25, 0.3) is 22.9 Å². The standard InChI is InChI=1S/C25H24N4O4S/c1-17-5-4-6-21(15-17)25-28-27-24(33-25)20-11-9-19(10-12-20)23(30)26-16-18-7-13-22(14-8-18)34(31,32)29(2)3/h4-15H,16H2,1-3H3,(H,26,30). The van der Waals surface area contributed by atoms with Gasteiger partial charge >= 0.3 is 0 Å². The molecular weight excluding hydrogens is 452 g/mol. The molecule has 0 saturated heterocycles. The topological polar surface area (TPSA) is 105 Å². The highest BCUT2D eigenvalue weighted by atomic mass is 32.2. The van der Waals surface area contributed by atoms with Crippen molar-refractivity contribution < 1.29 is 17.6 Å². The Hall–Kier alpha value is -3.82. The first-order valence-corrected chi connectivity index (χ1v) is 12.0. The van der Waals surface area contributed by atoms with Gasteiger partial charge in [-0.25, -0.2) is 12.7 Å². The molecule has 1 aromatic heterocycles. The van der Waals surface area contributed by atoms with Gasteiger partial charge in [0.05, 0.1) is 4.90 Å². The van der Waals surface area contributed by atoms with Crippen LogP contribution in [0.1, 0.15) is 21.5 Å². The molecule has 9 heteroatoms. The molecule has 34 heavy (non-hydrogen) atoms. The number of aromatic nitrogens is 2. The van der Waals surface area contributed by atoms with E-state index in [0.29, 0.717) is 22.9 Å². The van der Waals surface area contributed by atoms with Crippen molar-refractivity contribution >= 4 is 15.9 Å². The second-order valence-corrected chi connectivity index (χ2v) is 10.1. The van der Waals surface area contributed by atoms with Gasteiger partial charge in [0.15, 0.2) is 0 Å². The van der Waals surface area contributed by atoms with Crippen LogP contribution in [0.2, 0.25) is 0 Å². The molecule has 8 nitrogen and oxygen atoms in total. The lowest BCUT2D eigenvalue weighted by Gasteiger charge is -2.12. The number of rotatable bonds is 7. The molecule has 0 fully saturated rings. The Morgan fingerprint density at radius 3 is 2.18 bits per heavy atom. The van der Waals surface area contributed by atoms with Crippen LogP contribution in [0.3, 0.4) is 0 Å². The van der Waals surface area contributed by atoms with Crippen LogP contribution in [0, 0.1) is 6.92 Å². The number of carbonyl (C=O) groups is 1. The van der Waals surface area contributed by atoms with Gasteiger partial charge in [-0.3, -0.25) is 4.79 Å². The van der Waals surface area contributed by atoms with Gasteiger partial charge in [-0.1, -0.05) is 29.8 Å². The SMILES string of the molecule is Cc1cccc(-c2nnc(-c3ccc(C(=O)NCc4ccc(S(=O)(=O)N(C)C)cc4)cc3)o2)c1. The summed E-state index contributed by atoms with van der Waals surface area (Å²) in [5.74, 6) is 0.559. The van der Waals surface area contributed by atoms with Crippen molar-refractivity contribution in [2.45, 2.75) is 18.4 Å². The smallest absolute Gasteiger partial charge is 0.251 e. The quantitative estimate of drug-likeness (QED) is 0.434. The first-order chi connectivity index (χ1) is 16.2. The Kier molecular flexibility index (Phi) is 6.58. The van der Waals surface area contributed by atoms with Gasteiger partial charge in [0.25, 0.3) is 5.91 Å². The molecule has 0 unspecified atom stereocenters. The van der Waals surface area contributed by atoms with Gasteiger partial charge in [-0.15, -0.1) is 10.2 Å². The zero-order valence-corrected chi connectivity index (χ0v) is 19.8. The predicted octanol–water partition coefficient (Wildman–Crippen LogP) is 3.89. The van der Waals surface area contributed by atoms with E-state index in [2.05, 4.69) is 15.5 Å². The van der Waals surface area contributed by atoms with Crippen molar-refractivity contribution in [3.8, 4) is 22.9 Å². The van der Waals surface area contributed by atoms with Gasteiger partial charge < -0.3 is 9.73 Å². The predicted molar refractivity (Wildman–Crippen MR) is 128 cm³/mol. The van der Waals surface area contributed by atoms with Crippen LogP contribution >= 0.6 is 0 Å². The lowest BCUT2D eigenvalue weighted by atomic mass is 10.1. The second-order valence-electron chi connectivity index (χ2n) is 7.97. The molecule has 174 valence electrons. The fourth-order valence-corrected chi connectivity index (χ4v) is 4.17. The molecule has 1 heterocycles. The van der Waals surface area contributed by atoms with E-state index in [4.69, 9.17) is 4.42 Å². The van der Waals surface area contributed by atoms with Crippen molar-refractivity contribution in [3.05, 3.63) is 89.5 Å². The largest absolute Gasteiger partial charge is 0.416 e. The molecule has 0 aliphatic rings. The van der Waals surface area contributed by atoms with Gasteiger partial charge in [0, 0.05) is 37.3 Å². The number of hydrogen-bond donors (Lipinski definition) is 1. The molecule has 0 spiro atoms. The van der Waals surface area contributed by atoms with Gasteiger partial charge in [0.1, 0.15) is 0 Å². The molecule has 4 rings (SSSR count). The summed E-state index contributed by atoms with van der Waals surface area (Å²) in [5.41, 5.74) is 3.93. The Morgan fingerprint density at radius 2 is 1.56 bits per heavy atom. The van der Waals surface area contributed by atoms with E-state index >= 15 is 0 Å². The maximum absolute atomic E-state index is 12.5. The Labute approximate surface area is 198 Å². The number of hydrogen-bond acceptors (Lipinski definition) is 6. The van der Waals surface area contributed by atoms with Gasteiger partial charge in [0.2, 0.25) is 21.8 Å². The van der Waals surface area contributed by atoms with E-state index in [1.165, 1.54) is 26.2 Å². The van der Waals surface area contributed by atoms with E-state index in [-0.39, 0.29) is 17.3 Å². The highest BCUT2D eigenvalue weighted by molar-refractivity contribution is 7.89. The van der Waals surface area contributed by atoms with Gasteiger partial charge in [-0.05, 0) is 61.0 Å². The summed E-state index contributed by atoms with van der Waals surface area (Å²) in [6.07, 6.45) is 0. The van der Waals surface area contributed by atoms with E-state index in [1.54, 1.807) is 36.4 Å². The first kappa shape index (κ1) is 23.3. The fourth-order valence-electron chi connectivity index (χ4n) is 3.27. The minimum absolute atomic E-state index is 0.203. The molecule has 1 amide bonds. The summed E-state index contributed by atoms with van der Waals surface area (Å²) >= 11 is 0. The third-order valence-corrected chi connectivity index (χ3v) is 7.07. The number of nitrogens with one attached hydrogen (secondary N) is 1. The summed E-state index contributed by atoms with van der Waals surface area (Å²) in [6.45, 7) is 2.27. The normalized spacial score (nSPS) is 11.5. The molecule has 0 atom stereocenters. The van der Waals surface area contributed by atoms with Crippen LogP contribution in [-0.4, -0.2) is 42.9 Å². The number of benzene rings is 3. The molecule has 4 aromatic rings. The van der Waals surface area contributed by atoms with E-state index in [1.807, 2.05) is 31.2 Å². The summed E-state index contributed by atoms with van der Waals surface area (Å²) in [4.78, 5) is 12.7. The first-order valence-electron chi connectivity index (χ1n) is 10.5. The molecule has 0 aliphatic carbocycles. The van der Waals surface area contributed by atoms with E-state index < -0.39 is 10.0 Å². The third kappa shape index (κ3) is 5.05. The van der Waals surface area contributed by atoms with E-state index in [9.17, 15) is 13.2 Å². The number of amides is 1. The van der Waals surface area contributed by atoms with Gasteiger partial charge in [-0.2, -0.15) is 0 Å². The number of nitrogens with zero attached hydrogens (tertiary/aromatic N) is 3. The highest BCUT2D eigenvalue weighted by Crippen LogP contribution is 2.24. The van der Waals surface area contributed by atoms with Crippen LogP contribution in [0.5, 0.6) is 0 Å². The number of aryl methyl sites for hydroxylation is 1.